The van der Waals surface area contributed by atoms with Crippen LogP contribution in [0.5, 0.6) is 11.5 Å². The zero-order valence-electron chi connectivity index (χ0n) is 23.7. The van der Waals surface area contributed by atoms with Gasteiger partial charge in [-0.2, -0.15) is 0 Å². The normalized spacial score (nSPS) is 21.0. The van der Waals surface area contributed by atoms with E-state index < -0.39 is 47.5 Å². The number of aromatic hydroxyl groups is 1. The molecule has 1 aromatic heterocycles. The number of halogens is 2. The van der Waals surface area contributed by atoms with E-state index in [2.05, 4.69) is 10.3 Å². The Morgan fingerprint density at radius 3 is 2.67 bits per heavy atom. The third kappa shape index (κ3) is 8.03. The van der Waals surface area contributed by atoms with Gasteiger partial charge in [0, 0.05) is 24.9 Å². The molecule has 2 heterocycles. The zero-order chi connectivity index (χ0) is 30.1. The summed E-state index contributed by atoms with van der Waals surface area (Å²) >= 11 is 0. The molecule has 224 valence electrons. The number of carbonyl (C=O) groups is 2. The van der Waals surface area contributed by atoms with E-state index in [1.165, 1.54) is 37.1 Å². The molecule has 1 aliphatic rings. The first-order valence-corrected chi connectivity index (χ1v) is 14.1. The molecule has 42 heavy (non-hydrogen) atoms. The molecular weight excluding hydrogens is 546 g/mol. The predicted octanol–water partition coefficient (Wildman–Crippen LogP) is 5.16. The first-order chi connectivity index (χ1) is 20.3. The second-order valence-corrected chi connectivity index (χ2v) is 10.4. The lowest BCUT2D eigenvalue weighted by atomic mass is 9.86. The lowest BCUT2D eigenvalue weighted by molar-refractivity contribution is -0.160. The van der Waals surface area contributed by atoms with E-state index in [1.54, 1.807) is 6.92 Å². The summed E-state index contributed by atoms with van der Waals surface area (Å²) in [5.74, 6) is -3.31. The van der Waals surface area contributed by atoms with Crippen LogP contribution in [0, 0.1) is 17.6 Å². The number of methoxy groups -OCH3 is 1. The number of aromatic nitrogens is 1. The first kappa shape index (κ1) is 30.9. The van der Waals surface area contributed by atoms with Gasteiger partial charge in [-0.15, -0.1) is 0 Å². The van der Waals surface area contributed by atoms with Crippen LogP contribution in [-0.2, 0) is 27.1 Å². The number of pyridine rings is 1. The van der Waals surface area contributed by atoms with Crippen molar-refractivity contribution in [1.29, 1.82) is 0 Å². The molecule has 4 atom stereocenters. The number of ether oxygens (including phenoxy) is 3. The summed E-state index contributed by atoms with van der Waals surface area (Å²) < 4.78 is 45.4. The molecule has 2 aromatic carbocycles. The number of hydrogen-bond acceptors (Lipinski definition) is 7. The summed E-state index contributed by atoms with van der Waals surface area (Å²) in [7, 11) is 1.35. The van der Waals surface area contributed by atoms with E-state index in [-0.39, 0.29) is 30.2 Å². The van der Waals surface area contributed by atoms with Crippen molar-refractivity contribution in [3.05, 3.63) is 89.2 Å². The van der Waals surface area contributed by atoms with Gasteiger partial charge in [0.15, 0.2) is 17.2 Å². The SMILES string of the molecule is COc1ccnc(C(=O)NC2CCC[C@H](Cc3ccc(F)cc3F)[C@@H](OCCCc3ccccc3)[C@H](C)OC2=O)c1O. The van der Waals surface area contributed by atoms with Gasteiger partial charge in [0.05, 0.1) is 13.2 Å². The lowest BCUT2D eigenvalue weighted by Gasteiger charge is -2.31. The number of cyclic esters (lactones) is 1. The minimum absolute atomic E-state index is 0.0731. The topological polar surface area (TPSA) is 107 Å². The van der Waals surface area contributed by atoms with Crippen molar-refractivity contribution in [3.63, 3.8) is 0 Å². The molecule has 0 bridgehead atoms. The maximum atomic E-state index is 14.7. The van der Waals surface area contributed by atoms with Gasteiger partial charge in [0.25, 0.3) is 5.91 Å². The van der Waals surface area contributed by atoms with E-state index in [0.29, 0.717) is 25.0 Å². The van der Waals surface area contributed by atoms with E-state index in [1.807, 2.05) is 30.3 Å². The second kappa shape index (κ2) is 14.7. The van der Waals surface area contributed by atoms with Crippen LogP contribution in [0.15, 0.2) is 60.8 Å². The molecule has 1 aliphatic heterocycles. The van der Waals surface area contributed by atoms with Crippen molar-refractivity contribution in [2.24, 2.45) is 5.92 Å². The fourth-order valence-corrected chi connectivity index (χ4v) is 5.31. The fraction of sp³-hybridized carbons (Fsp3) is 0.406. The maximum absolute atomic E-state index is 14.7. The number of amides is 1. The van der Waals surface area contributed by atoms with Crippen LogP contribution in [-0.4, -0.2) is 53.9 Å². The Hall–Kier alpha value is -4.05. The standard InChI is InChI=1S/C32H36F2N2O6/c1-20-30(41-17-7-10-21-8-4-3-5-9-21)23(18-22-13-14-24(33)19-25(22)34)11-6-12-26(32(39)42-20)36-31(38)28-29(37)27(40-2)15-16-35-28/h3-5,8-9,13-16,19-20,23,26,30,37H,6-7,10-12,17-18H2,1-2H3,(H,36,38)/t20-,23+,26?,30-/m0/s1. The highest BCUT2D eigenvalue weighted by Crippen LogP contribution is 2.30. The molecular formula is C32H36F2N2O6. The molecule has 10 heteroatoms. The molecule has 0 saturated carbocycles. The fourth-order valence-electron chi connectivity index (χ4n) is 5.31. The number of aryl methyl sites for hydroxylation is 1. The van der Waals surface area contributed by atoms with Crippen LogP contribution in [0.1, 0.15) is 54.2 Å². The van der Waals surface area contributed by atoms with Gasteiger partial charge in [-0.05, 0) is 62.1 Å². The lowest BCUT2D eigenvalue weighted by Crippen LogP contribution is -2.44. The highest BCUT2D eigenvalue weighted by Gasteiger charge is 2.36. The summed E-state index contributed by atoms with van der Waals surface area (Å²) in [6, 6.07) is 13.9. The molecule has 0 aliphatic carbocycles. The van der Waals surface area contributed by atoms with Gasteiger partial charge < -0.3 is 24.6 Å². The molecule has 0 spiro atoms. The van der Waals surface area contributed by atoms with Gasteiger partial charge in [0.2, 0.25) is 0 Å². The van der Waals surface area contributed by atoms with Crippen LogP contribution in [0.2, 0.25) is 0 Å². The summed E-state index contributed by atoms with van der Waals surface area (Å²) in [5.41, 5.74) is 1.25. The molecule has 1 amide bonds. The van der Waals surface area contributed by atoms with Crippen molar-refractivity contribution in [3.8, 4) is 11.5 Å². The number of hydrogen-bond donors (Lipinski definition) is 2. The minimum Gasteiger partial charge on any atom is -0.503 e. The van der Waals surface area contributed by atoms with Gasteiger partial charge >= 0.3 is 5.97 Å². The molecule has 4 rings (SSSR count). The number of nitrogens with one attached hydrogen (secondary N) is 1. The molecule has 1 unspecified atom stereocenters. The van der Waals surface area contributed by atoms with Crippen LogP contribution in [0.25, 0.3) is 0 Å². The van der Waals surface area contributed by atoms with E-state index in [9.17, 15) is 23.5 Å². The quantitative estimate of drug-likeness (QED) is 0.251. The number of nitrogens with zero attached hydrogens (tertiary/aromatic N) is 1. The average Bonchev–Trinajstić information content (AvgIpc) is 3.02. The minimum atomic E-state index is -1.01. The van der Waals surface area contributed by atoms with Gasteiger partial charge in [-0.1, -0.05) is 42.8 Å². The van der Waals surface area contributed by atoms with Crippen LogP contribution >= 0.6 is 0 Å². The zero-order valence-corrected chi connectivity index (χ0v) is 23.7. The maximum Gasteiger partial charge on any atom is 0.329 e. The summed E-state index contributed by atoms with van der Waals surface area (Å²) in [6.45, 7) is 2.11. The van der Waals surface area contributed by atoms with Crippen molar-refractivity contribution in [1.82, 2.24) is 10.3 Å². The smallest absolute Gasteiger partial charge is 0.329 e. The molecule has 1 fully saturated rings. The van der Waals surface area contributed by atoms with E-state index >= 15 is 0 Å². The average molecular weight is 583 g/mol. The number of carbonyl (C=O) groups excluding carboxylic acids is 2. The van der Waals surface area contributed by atoms with E-state index in [4.69, 9.17) is 14.2 Å². The Morgan fingerprint density at radius 2 is 1.93 bits per heavy atom. The van der Waals surface area contributed by atoms with E-state index in [0.717, 1.165) is 18.9 Å². The molecule has 3 aromatic rings. The Bertz CT molecular complexity index is 1360. The van der Waals surface area contributed by atoms with Gasteiger partial charge in [0.1, 0.15) is 23.8 Å². The van der Waals surface area contributed by atoms with Crippen molar-refractivity contribution < 1.29 is 37.7 Å². The second-order valence-electron chi connectivity index (χ2n) is 10.4. The third-order valence-corrected chi connectivity index (χ3v) is 7.47. The molecule has 2 N–H and O–H groups in total. The Morgan fingerprint density at radius 1 is 1.14 bits per heavy atom. The summed E-state index contributed by atoms with van der Waals surface area (Å²) in [6.07, 6.45) is 3.10. The predicted molar refractivity (Wildman–Crippen MR) is 151 cm³/mol. The van der Waals surface area contributed by atoms with Crippen LogP contribution in [0.4, 0.5) is 8.78 Å². The van der Waals surface area contributed by atoms with Crippen LogP contribution < -0.4 is 10.1 Å². The Kier molecular flexibility index (Phi) is 10.8. The highest BCUT2D eigenvalue weighted by atomic mass is 19.1. The monoisotopic (exact) mass is 582 g/mol. The van der Waals surface area contributed by atoms with Crippen molar-refractivity contribution >= 4 is 11.9 Å². The summed E-state index contributed by atoms with van der Waals surface area (Å²) in [4.78, 5) is 30.1. The number of esters is 1. The molecule has 1 saturated heterocycles. The Balaban J connectivity index is 1.49. The third-order valence-electron chi connectivity index (χ3n) is 7.47. The first-order valence-electron chi connectivity index (χ1n) is 14.1. The van der Waals surface area contributed by atoms with Crippen molar-refractivity contribution in [2.75, 3.05) is 13.7 Å². The van der Waals surface area contributed by atoms with Crippen LogP contribution in [0.3, 0.4) is 0 Å². The molecule has 0 radical (unpaired) electrons. The molecule has 8 nitrogen and oxygen atoms in total. The van der Waals surface area contributed by atoms with Gasteiger partial charge in [-0.3, -0.25) is 4.79 Å². The number of benzene rings is 2. The summed E-state index contributed by atoms with van der Waals surface area (Å²) in [5, 5.41) is 13.0. The van der Waals surface area contributed by atoms with Crippen molar-refractivity contribution in [2.45, 2.75) is 63.7 Å². The largest absolute Gasteiger partial charge is 0.503 e. The Labute approximate surface area is 244 Å². The number of rotatable bonds is 10. The highest BCUT2D eigenvalue weighted by molar-refractivity contribution is 5.97. The van der Waals surface area contributed by atoms with Gasteiger partial charge in [-0.25, -0.2) is 18.6 Å².